The Hall–Kier alpha value is -1.53. The average molecular weight is 255 g/mol. The summed E-state index contributed by atoms with van der Waals surface area (Å²) in [5.74, 6) is 0. The molecule has 1 saturated carbocycles. The summed E-state index contributed by atoms with van der Waals surface area (Å²) >= 11 is 0. The molecule has 2 fully saturated rings. The summed E-state index contributed by atoms with van der Waals surface area (Å²) in [7, 11) is 0. The molecule has 2 aliphatic rings. The van der Waals surface area contributed by atoms with Crippen LogP contribution in [0.1, 0.15) is 37.7 Å². The smallest absolute Gasteiger partial charge is 0.101 e. The molecule has 100 valence electrons. The molecule has 0 radical (unpaired) electrons. The summed E-state index contributed by atoms with van der Waals surface area (Å²) in [6, 6.07) is 11.6. The monoisotopic (exact) mass is 255 g/mol. The first-order valence-corrected chi connectivity index (χ1v) is 7.37. The van der Waals surface area contributed by atoms with Crippen molar-refractivity contribution in [1.29, 1.82) is 5.26 Å². The lowest BCUT2D eigenvalue weighted by atomic mass is 10.0. The van der Waals surface area contributed by atoms with Crippen LogP contribution < -0.4 is 10.2 Å². The zero-order chi connectivity index (χ0) is 13.1. The molecule has 1 heterocycles. The van der Waals surface area contributed by atoms with Gasteiger partial charge in [0.15, 0.2) is 0 Å². The van der Waals surface area contributed by atoms with E-state index in [9.17, 15) is 5.26 Å². The van der Waals surface area contributed by atoms with Gasteiger partial charge in [0, 0.05) is 18.6 Å². The number of piperidine rings is 1. The molecule has 3 rings (SSSR count). The van der Waals surface area contributed by atoms with Crippen LogP contribution in [0.5, 0.6) is 0 Å². The number of hydrogen-bond acceptors (Lipinski definition) is 3. The lowest BCUT2D eigenvalue weighted by Crippen LogP contribution is -2.44. The zero-order valence-electron chi connectivity index (χ0n) is 11.3. The van der Waals surface area contributed by atoms with E-state index in [0.29, 0.717) is 12.1 Å². The molecule has 1 atom stereocenters. The van der Waals surface area contributed by atoms with Crippen molar-refractivity contribution in [3.05, 3.63) is 29.8 Å². The van der Waals surface area contributed by atoms with Gasteiger partial charge in [-0.3, -0.25) is 0 Å². The van der Waals surface area contributed by atoms with Gasteiger partial charge in [0.1, 0.15) is 6.07 Å². The summed E-state index contributed by atoms with van der Waals surface area (Å²) in [6.45, 7) is 2.19. The first kappa shape index (κ1) is 12.5. The highest BCUT2D eigenvalue weighted by Gasteiger charge is 2.32. The van der Waals surface area contributed by atoms with Gasteiger partial charge in [0.05, 0.1) is 11.3 Å². The Bertz CT molecular complexity index is 467. The fraction of sp³-hybridized carbons (Fsp3) is 0.562. The molecule has 0 spiro atoms. The maximum atomic E-state index is 9.28. The van der Waals surface area contributed by atoms with Crippen molar-refractivity contribution in [2.45, 2.75) is 44.2 Å². The number of rotatable bonds is 4. The number of hydrogen-bond donors (Lipinski definition) is 1. The van der Waals surface area contributed by atoms with E-state index in [-0.39, 0.29) is 0 Å². The van der Waals surface area contributed by atoms with Gasteiger partial charge in [0.25, 0.3) is 0 Å². The van der Waals surface area contributed by atoms with Gasteiger partial charge in [-0.15, -0.1) is 0 Å². The highest BCUT2D eigenvalue weighted by atomic mass is 15.2. The van der Waals surface area contributed by atoms with Crippen LogP contribution in [0.25, 0.3) is 0 Å². The molecule has 3 heteroatoms. The molecular formula is C16H21N3. The molecule has 1 aliphatic heterocycles. The van der Waals surface area contributed by atoms with Crippen molar-refractivity contribution in [2.24, 2.45) is 0 Å². The Morgan fingerprint density at radius 2 is 2.05 bits per heavy atom. The van der Waals surface area contributed by atoms with Crippen molar-refractivity contribution in [3.63, 3.8) is 0 Å². The summed E-state index contributed by atoms with van der Waals surface area (Å²) in [4.78, 5) is 2.46. The average Bonchev–Trinajstić information content (AvgIpc) is 3.30. The summed E-state index contributed by atoms with van der Waals surface area (Å²) in [5.41, 5.74) is 1.94. The molecule has 1 aliphatic carbocycles. The first-order valence-electron chi connectivity index (χ1n) is 7.37. The molecule has 1 aromatic rings. The van der Waals surface area contributed by atoms with E-state index in [4.69, 9.17) is 0 Å². The van der Waals surface area contributed by atoms with Gasteiger partial charge >= 0.3 is 0 Å². The third-order valence-corrected chi connectivity index (χ3v) is 4.15. The van der Waals surface area contributed by atoms with Crippen LogP contribution in [-0.4, -0.2) is 25.2 Å². The van der Waals surface area contributed by atoms with Crippen LogP contribution in [0.2, 0.25) is 0 Å². The zero-order valence-corrected chi connectivity index (χ0v) is 11.3. The van der Waals surface area contributed by atoms with E-state index in [1.165, 1.54) is 32.1 Å². The quantitative estimate of drug-likeness (QED) is 0.899. The van der Waals surface area contributed by atoms with Gasteiger partial charge in [-0.05, 0) is 44.4 Å². The molecule has 1 unspecified atom stereocenters. The lowest BCUT2D eigenvalue weighted by Gasteiger charge is -2.32. The largest absolute Gasteiger partial charge is 0.366 e. The fourth-order valence-electron chi connectivity index (χ4n) is 2.97. The van der Waals surface area contributed by atoms with Crippen LogP contribution >= 0.6 is 0 Å². The predicted octanol–water partition coefficient (Wildman–Crippen LogP) is 2.67. The van der Waals surface area contributed by atoms with E-state index in [1.54, 1.807) is 0 Å². The molecule has 3 nitrogen and oxygen atoms in total. The summed E-state index contributed by atoms with van der Waals surface area (Å²) in [6.07, 6.45) is 6.43. The molecule has 19 heavy (non-hydrogen) atoms. The second-order valence-electron chi connectivity index (χ2n) is 5.66. The highest BCUT2D eigenvalue weighted by Crippen LogP contribution is 2.33. The Balaban J connectivity index is 1.78. The highest BCUT2D eigenvalue weighted by molar-refractivity contribution is 5.60. The van der Waals surface area contributed by atoms with Gasteiger partial charge < -0.3 is 10.2 Å². The van der Waals surface area contributed by atoms with E-state index >= 15 is 0 Å². The van der Waals surface area contributed by atoms with Crippen LogP contribution in [0.15, 0.2) is 24.3 Å². The van der Waals surface area contributed by atoms with E-state index < -0.39 is 0 Å². The molecule has 1 saturated heterocycles. The van der Waals surface area contributed by atoms with Crippen molar-refractivity contribution in [1.82, 2.24) is 5.32 Å². The normalized spacial score (nSPS) is 22.8. The SMILES string of the molecule is N#Cc1ccccc1N(CC1CCCCN1)C1CC1. The Labute approximate surface area is 115 Å². The second-order valence-corrected chi connectivity index (χ2v) is 5.66. The number of nitriles is 1. The number of benzene rings is 1. The van der Waals surface area contributed by atoms with Gasteiger partial charge in [-0.1, -0.05) is 18.6 Å². The molecule has 0 amide bonds. The molecule has 0 bridgehead atoms. The van der Waals surface area contributed by atoms with Crippen molar-refractivity contribution < 1.29 is 0 Å². The molecular weight excluding hydrogens is 234 g/mol. The Morgan fingerprint density at radius 3 is 2.74 bits per heavy atom. The topological polar surface area (TPSA) is 39.1 Å². The van der Waals surface area contributed by atoms with Gasteiger partial charge in [-0.25, -0.2) is 0 Å². The minimum atomic E-state index is 0.584. The van der Waals surface area contributed by atoms with Crippen LogP contribution in [-0.2, 0) is 0 Å². The van der Waals surface area contributed by atoms with Crippen LogP contribution in [0.4, 0.5) is 5.69 Å². The predicted molar refractivity (Wildman–Crippen MR) is 77.2 cm³/mol. The van der Waals surface area contributed by atoms with Crippen molar-refractivity contribution in [2.75, 3.05) is 18.0 Å². The van der Waals surface area contributed by atoms with Crippen LogP contribution in [0.3, 0.4) is 0 Å². The van der Waals surface area contributed by atoms with Gasteiger partial charge in [0.2, 0.25) is 0 Å². The number of nitrogens with one attached hydrogen (secondary N) is 1. The fourth-order valence-corrected chi connectivity index (χ4v) is 2.97. The lowest BCUT2D eigenvalue weighted by molar-refractivity contribution is 0.398. The third-order valence-electron chi connectivity index (χ3n) is 4.15. The third kappa shape index (κ3) is 2.90. The molecule has 0 aromatic heterocycles. The van der Waals surface area contributed by atoms with E-state index in [2.05, 4.69) is 22.4 Å². The number of para-hydroxylation sites is 1. The standard InChI is InChI=1S/C16H21N3/c17-11-13-5-1-2-7-16(13)19(15-8-9-15)12-14-6-3-4-10-18-14/h1-2,5,7,14-15,18H,3-4,6,8-10,12H2. The minimum Gasteiger partial charge on any atom is -0.366 e. The number of anilines is 1. The maximum absolute atomic E-state index is 9.28. The summed E-state index contributed by atoms with van der Waals surface area (Å²) < 4.78 is 0. The maximum Gasteiger partial charge on any atom is 0.101 e. The van der Waals surface area contributed by atoms with Crippen molar-refractivity contribution in [3.8, 4) is 6.07 Å². The second kappa shape index (κ2) is 5.63. The number of nitrogens with zero attached hydrogens (tertiary/aromatic N) is 2. The van der Waals surface area contributed by atoms with Crippen molar-refractivity contribution >= 4 is 5.69 Å². The summed E-state index contributed by atoms with van der Waals surface area (Å²) in [5, 5.41) is 12.9. The minimum absolute atomic E-state index is 0.584. The first-order chi connectivity index (χ1) is 9.38. The Kier molecular flexibility index (Phi) is 3.70. The Morgan fingerprint density at radius 1 is 1.21 bits per heavy atom. The van der Waals surface area contributed by atoms with E-state index in [1.807, 2.05) is 18.2 Å². The van der Waals surface area contributed by atoms with E-state index in [0.717, 1.165) is 24.3 Å². The molecule has 1 aromatic carbocycles. The van der Waals surface area contributed by atoms with Crippen LogP contribution in [0, 0.1) is 11.3 Å². The molecule has 1 N–H and O–H groups in total. The van der Waals surface area contributed by atoms with Gasteiger partial charge in [-0.2, -0.15) is 5.26 Å².